The number of amides is 1. The molecular weight excluding hydrogens is 266 g/mol. The van der Waals surface area contributed by atoms with Crippen molar-refractivity contribution in [2.75, 3.05) is 13.1 Å². The first-order valence-electron chi connectivity index (χ1n) is 6.58. The third-order valence-electron chi connectivity index (χ3n) is 3.47. The molecule has 0 saturated carbocycles. The summed E-state index contributed by atoms with van der Waals surface area (Å²) in [6, 6.07) is 6.25. The monoisotopic (exact) mass is 284 g/mol. The molecule has 2 atom stereocenters. The van der Waals surface area contributed by atoms with E-state index >= 15 is 0 Å². The van der Waals surface area contributed by atoms with Gasteiger partial charge in [0.2, 0.25) is 5.91 Å². The molecule has 0 radical (unpaired) electrons. The van der Waals surface area contributed by atoms with Crippen molar-refractivity contribution in [2.45, 2.75) is 20.1 Å². The number of rotatable bonds is 5. The number of carbonyl (C=O) groups is 1. The van der Waals surface area contributed by atoms with Gasteiger partial charge in [-0.3, -0.25) is 4.79 Å². The molecule has 4 nitrogen and oxygen atoms in total. The second kappa shape index (κ2) is 6.65. The van der Waals surface area contributed by atoms with E-state index in [2.05, 4.69) is 15.4 Å². The molecule has 1 aliphatic heterocycles. The Hall–Kier alpha value is -1.69. The number of ether oxygens (including phenoxy) is 1. The zero-order chi connectivity index (χ0) is 14.5. The molecule has 20 heavy (non-hydrogen) atoms. The molecular formula is C14H18F2N2O2. The van der Waals surface area contributed by atoms with Crippen LogP contribution in [0, 0.1) is 11.8 Å². The minimum Gasteiger partial charge on any atom is -0.435 e. The Morgan fingerprint density at radius 1 is 1.40 bits per heavy atom. The number of hydrogen-bond acceptors (Lipinski definition) is 3. The maximum absolute atomic E-state index is 12.0. The number of benzene rings is 1. The first-order valence-corrected chi connectivity index (χ1v) is 6.58. The van der Waals surface area contributed by atoms with Crippen molar-refractivity contribution in [3.8, 4) is 5.75 Å². The van der Waals surface area contributed by atoms with E-state index in [9.17, 15) is 13.6 Å². The van der Waals surface area contributed by atoms with Gasteiger partial charge in [-0.25, -0.2) is 0 Å². The van der Waals surface area contributed by atoms with Crippen molar-refractivity contribution in [2.24, 2.45) is 11.8 Å². The Bertz CT molecular complexity index is 451. The Kier molecular flexibility index (Phi) is 4.89. The molecule has 1 amide bonds. The molecule has 0 unspecified atom stereocenters. The highest BCUT2D eigenvalue weighted by atomic mass is 19.3. The number of alkyl halides is 2. The maximum Gasteiger partial charge on any atom is 0.387 e. The molecule has 6 heteroatoms. The van der Waals surface area contributed by atoms with Gasteiger partial charge in [0, 0.05) is 13.1 Å². The molecule has 1 heterocycles. The van der Waals surface area contributed by atoms with Crippen molar-refractivity contribution >= 4 is 5.91 Å². The predicted molar refractivity (Wildman–Crippen MR) is 70.4 cm³/mol. The van der Waals surface area contributed by atoms with Crippen LogP contribution in [0.5, 0.6) is 5.75 Å². The summed E-state index contributed by atoms with van der Waals surface area (Å²) in [7, 11) is 0. The third-order valence-corrected chi connectivity index (χ3v) is 3.47. The Morgan fingerprint density at radius 3 is 2.65 bits per heavy atom. The predicted octanol–water partition coefficient (Wildman–Crippen LogP) is 1.76. The van der Waals surface area contributed by atoms with Gasteiger partial charge in [0.25, 0.3) is 0 Å². The van der Waals surface area contributed by atoms with Gasteiger partial charge in [-0.15, -0.1) is 0 Å². The van der Waals surface area contributed by atoms with Gasteiger partial charge in [-0.1, -0.05) is 19.1 Å². The normalized spacial score (nSPS) is 22.0. The molecule has 0 spiro atoms. The molecule has 1 aromatic rings. The van der Waals surface area contributed by atoms with Crippen molar-refractivity contribution in [1.29, 1.82) is 0 Å². The van der Waals surface area contributed by atoms with Crippen LogP contribution in [0.3, 0.4) is 0 Å². The second-order valence-electron chi connectivity index (χ2n) is 4.98. The molecule has 1 saturated heterocycles. The topological polar surface area (TPSA) is 50.4 Å². The summed E-state index contributed by atoms with van der Waals surface area (Å²) in [6.07, 6.45) is 0. The van der Waals surface area contributed by atoms with E-state index in [1.165, 1.54) is 12.1 Å². The van der Waals surface area contributed by atoms with E-state index < -0.39 is 6.61 Å². The third kappa shape index (κ3) is 3.90. The fourth-order valence-corrected chi connectivity index (χ4v) is 2.27. The lowest BCUT2D eigenvalue weighted by Gasteiger charge is -2.14. The lowest BCUT2D eigenvalue weighted by molar-refractivity contribution is -0.125. The van der Waals surface area contributed by atoms with Crippen LogP contribution < -0.4 is 15.4 Å². The Morgan fingerprint density at radius 2 is 2.10 bits per heavy atom. The van der Waals surface area contributed by atoms with Crippen LogP contribution in [-0.2, 0) is 11.3 Å². The van der Waals surface area contributed by atoms with E-state index in [1.54, 1.807) is 12.1 Å². The van der Waals surface area contributed by atoms with Crippen molar-refractivity contribution in [3.05, 3.63) is 29.8 Å². The Labute approximate surface area is 116 Å². The highest BCUT2D eigenvalue weighted by Crippen LogP contribution is 2.17. The van der Waals surface area contributed by atoms with Gasteiger partial charge in [-0.05, 0) is 30.2 Å². The summed E-state index contributed by atoms with van der Waals surface area (Å²) in [4.78, 5) is 12.0. The summed E-state index contributed by atoms with van der Waals surface area (Å²) in [6.45, 7) is 1.17. The van der Waals surface area contributed by atoms with Gasteiger partial charge in [0.05, 0.1) is 5.92 Å². The van der Waals surface area contributed by atoms with E-state index in [1.807, 2.05) is 6.92 Å². The minimum atomic E-state index is -2.82. The average molecular weight is 284 g/mol. The number of hydrogen-bond donors (Lipinski definition) is 2. The van der Waals surface area contributed by atoms with Crippen molar-refractivity contribution in [3.63, 3.8) is 0 Å². The lowest BCUT2D eigenvalue weighted by Crippen LogP contribution is -2.33. The zero-order valence-corrected chi connectivity index (χ0v) is 11.2. The van der Waals surface area contributed by atoms with Crippen LogP contribution >= 0.6 is 0 Å². The van der Waals surface area contributed by atoms with Crippen molar-refractivity contribution < 1.29 is 18.3 Å². The van der Waals surface area contributed by atoms with Crippen LogP contribution in [0.1, 0.15) is 12.5 Å². The summed E-state index contributed by atoms with van der Waals surface area (Å²) < 4.78 is 28.3. The molecule has 0 aliphatic carbocycles. The lowest BCUT2D eigenvalue weighted by atomic mass is 9.97. The highest BCUT2D eigenvalue weighted by molar-refractivity contribution is 5.79. The maximum atomic E-state index is 12.0. The van der Waals surface area contributed by atoms with Crippen LogP contribution in [0.2, 0.25) is 0 Å². The number of carbonyl (C=O) groups excluding carboxylic acids is 1. The van der Waals surface area contributed by atoms with E-state index in [4.69, 9.17) is 0 Å². The van der Waals surface area contributed by atoms with Crippen LogP contribution in [0.15, 0.2) is 24.3 Å². The first kappa shape index (κ1) is 14.7. The molecule has 1 fully saturated rings. The summed E-state index contributed by atoms with van der Waals surface area (Å²) >= 11 is 0. The fraction of sp³-hybridized carbons (Fsp3) is 0.500. The van der Waals surface area contributed by atoms with Gasteiger partial charge >= 0.3 is 6.61 Å². The van der Waals surface area contributed by atoms with E-state index in [0.29, 0.717) is 19.0 Å². The van der Waals surface area contributed by atoms with Gasteiger partial charge in [0.15, 0.2) is 0 Å². The minimum absolute atomic E-state index is 0.00330. The molecule has 0 aromatic heterocycles. The SMILES string of the molecule is C[C@@H]1CNC[C@H]1C(=O)NCc1ccc(OC(F)F)cc1. The summed E-state index contributed by atoms with van der Waals surface area (Å²) in [5.41, 5.74) is 0.846. The van der Waals surface area contributed by atoms with Gasteiger partial charge < -0.3 is 15.4 Å². The first-order chi connectivity index (χ1) is 9.56. The molecule has 2 rings (SSSR count). The number of halogens is 2. The standard InChI is InChI=1S/C14H18F2N2O2/c1-9-6-17-8-12(9)13(19)18-7-10-2-4-11(5-3-10)20-14(15)16/h2-5,9,12,14,17H,6-8H2,1H3,(H,18,19)/t9-,12-/m1/s1. The Balaban J connectivity index is 1.83. The fourth-order valence-electron chi connectivity index (χ4n) is 2.27. The highest BCUT2D eigenvalue weighted by Gasteiger charge is 2.29. The molecule has 1 aliphatic rings. The molecule has 110 valence electrons. The van der Waals surface area contributed by atoms with Gasteiger partial charge in [0.1, 0.15) is 5.75 Å². The largest absolute Gasteiger partial charge is 0.435 e. The molecule has 1 aromatic carbocycles. The quantitative estimate of drug-likeness (QED) is 0.866. The van der Waals surface area contributed by atoms with E-state index in [-0.39, 0.29) is 17.6 Å². The second-order valence-corrected chi connectivity index (χ2v) is 4.98. The van der Waals surface area contributed by atoms with E-state index in [0.717, 1.165) is 12.1 Å². The molecule has 2 N–H and O–H groups in total. The van der Waals surface area contributed by atoms with Gasteiger partial charge in [-0.2, -0.15) is 8.78 Å². The van der Waals surface area contributed by atoms with Crippen LogP contribution in [-0.4, -0.2) is 25.6 Å². The molecule has 0 bridgehead atoms. The van der Waals surface area contributed by atoms with Crippen LogP contribution in [0.4, 0.5) is 8.78 Å². The zero-order valence-electron chi connectivity index (χ0n) is 11.2. The summed E-state index contributed by atoms with van der Waals surface area (Å²) in [5, 5.41) is 6.04. The number of nitrogens with one attached hydrogen (secondary N) is 2. The van der Waals surface area contributed by atoms with Crippen LogP contribution in [0.25, 0.3) is 0 Å². The smallest absolute Gasteiger partial charge is 0.387 e. The average Bonchev–Trinajstić information content (AvgIpc) is 2.83. The summed E-state index contributed by atoms with van der Waals surface area (Å²) in [5.74, 6) is 0.465. The van der Waals surface area contributed by atoms with Crippen molar-refractivity contribution in [1.82, 2.24) is 10.6 Å².